The van der Waals surface area contributed by atoms with Crippen LogP contribution in [0, 0.1) is 0 Å². The summed E-state index contributed by atoms with van der Waals surface area (Å²) in [7, 11) is -2.33. The Morgan fingerprint density at radius 1 is 1.24 bits per heavy atom. The van der Waals surface area contributed by atoms with Crippen LogP contribution in [-0.2, 0) is 14.8 Å². The topological polar surface area (TPSA) is 86.8 Å². The van der Waals surface area contributed by atoms with E-state index in [4.69, 9.17) is 0 Å². The number of hydrogen-bond acceptors (Lipinski definition) is 5. The fourth-order valence-corrected chi connectivity index (χ4v) is 6.07. The van der Waals surface area contributed by atoms with Gasteiger partial charge in [0.25, 0.3) is 5.91 Å². The Kier molecular flexibility index (Phi) is 6.16. The molecule has 2 fully saturated rings. The minimum Gasteiger partial charge on any atom is -0.343 e. The summed E-state index contributed by atoms with van der Waals surface area (Å²) >= 11 is 1.34. The fourth-order valence-electron chi connectivity index (χ4n) is 2.93. The molecule has 29 heavy (non-hydrogen) atoms. The second kappa shape index (κ2) is 8.15. The predicted octanol–water partition coefficient (Wildman–Crippen LogP) is 1.66. The monoisotopic (exact) mass is 451 g/mol. The average molecular weight is 451 g/mol. The molecule has 7 nitrogen and oxygen atoms in total. The third-order valence-electron chi connectivity index (χ3n) is 4.74. The molecule has 1 unspecified atom stereocenters. The SMILES string of the molecule is CN(C(=O)C1CSCN1S(=O)(=O)c1ccc(C(=O)NCC(F)(F)F)cc1)C1CC1. The summed E-state index contributed by atoms with van der Waals surface area (Å²) in [5.41, 5.74) is -0.0925. The van der Waals surface area contributed by atoms with Crippen molar-refractivity contribution in [3.8, 4) is 0 Å². The van der Waals surface area contributed by atoms with Crippen LogP contribution in [0.2, 0.25) is 0 Å². The first-order valence-electron chi connectivity index (χ1n) is 8.82. The van der Waals surface area contributed by atoms with Gasteiger partial charge >= 0.3 is 6.18 Å². The molecule has 1 aromatic rings. The van der Waals surface area contributed by atoms with Crippen molar-refractivity contribution in [2.24, 2.45) is 0 Å². The Bertz CT molecular complexity index is 886. The largest absolute Gasteiger partial charge is 0.405 e. The zero-order valence-corrected chi connectivity index (χ0v) is 17.1. The normalized spacial score (nSPS) is 20.5. The van der Waals surface area contributed by atoms with Gasteiger partial charge < -0.3 is 10.2 Å². The number of halogens is 3. The summed E-state index contributed by atoms with van der Waals surface area (Å²) in [6.07, 6.45) is -2.72. The molecule has 1 aliphatic heterocycles. The van der Waals surface area contributed by atoms with Crippen LogP contribution in [0.3, 0.4) is 0 Å². The number of benzene rings is 1. The minimum atomic E-state index is -4.54. The van der Waals surface area contributed by atoms with E-state index in [2.05, 4.69) is 0 Å². The van der Waals surface area contributed by atoms with E-state index >= 15 is 0 Å². The van der Waals surface area contributed by atoms with Crippen molar-refractivity contribution in [2.45, 2.75) is 36.0 Å². The van der Waals surface area contributed by atoms with E-state index in [0.717, 1.165) is 41.4 Å². The molecule has 0 radical (unpaired) electrons. The van der Waals surface area contributed by atoms with Crippen LogP contribution in [0.5, 0.6) is 0 Å². The quantitative estimate of drug-likeness (QED) is 0.711. The highest BCUT2D eigenvalue weighted by molar-refractivity contribution is 8.00. The van der Waals surface area contributed by atoms with Gasteiger partial charge in [-0.1, -0.05) is 0 Å². The number of likely N-dealkylation sites (N-methyl/N-ethyl adjacent to an activating group) is 1. The van der Waals surface area contributed by atoms with Gasteiger partial charge in [0, 0.05) is 24.4 Å². The predicted molar refractivity (Wildman–Crippen MR) is 101 cm³/mol. The number of carbonyl (C=O) groups excluding carboxylic acids is 2. The Labute approximate surface area is 170 Å². The molecule has 1 atom stereocenters. The van der Waals surface area contributed by atoms with E-state index in [1.54, 1.807) is 17.3 Å². The van der Waals surface area contributed by atoms with Gasteiger partial charge in [0.15, 0.2) is 0 Å². The second-order valence-electron chi connectivity index (χ2n) is 6.91. The lowest BCUT2D eigenvalue weighted by Gasteiger charge is -2.26. The second-order valence-corrected chi connectivity index (χ2v) is 9.80. The molecular weight excluding hydrogens is 431 g/mol. The van der Waals surface area contributed by atoms with E-state index in [9.17, 15) is 31.2 Å². The zero-order chi connectivity index (χ0) is 21.4. The van der Waals surface area contributed by atoms with Gasteiger partial charge in [-0.05, 0) is 37.1 Å². The highest BCUT2D eigenvalue weighted by Gasteiger charge is 2.43. The number of rotatable bonds is 6. The van der Waals surface area contributed by atoms with Gasteiger partial charge in [-0.3, -0.25) is 9.59 Å². The van der Waals surface area contributed by atoms with Gasteiger partial charge in [0.05, 0.1) is 10.8 Å². The van der Waals surface area contributed by atoms with Gasteiger partial charge in [-0.2, -0.15) is 17.5 Å². The fraction of sp³-hybridized carbons (Fsp3) is 0.529. The molecule has 0 bridgehead atoms. The molecule has 1 N–H and O–H groups in total. The molecule has 0 spiro atoms. The van der Waals surface area contributed by atoms with Crippen molar-refractivity contribution >= 4 is 33.6 Å². The van der Waals surface area contributed by atoms with E-state index in [-0.39, 0.29) is 28.3 Å². The highest BCUT2D eigenvalue weighted by atomic mass is 32.2. The average Bonchev–Trinajstić information content (AvgIpc) is 3.40. The Hall–Kier alpha value is -1.79. The number of sulfonamides is 1. The number of alkyl halides is 3. The molecular formula is C17H20F3N3O4S2. The lowest BCUT2D eigenvalue weighted by atomic mass is 10.2. The number of carbonyl (C=O) groups is 2. The first-order chi connectivity index (χ1) is 13.5. The third kappa shape index (κ3) is 5.04. The number of nitrogens with zero attached hydrogens (tertiary/aromatic N) is 2. The molecule has 12 heteroatoms. The van der Waals surface area contributed by atoms with E-state index in [1.165, 1.54) is 11.8 Å². The van der Waals surface area contributed by atoms with Gasteiger partial charge in [0.1, 0.15) is 12.6 Å². The van der Waals surface area contributed by atoms with Crippen LogP contribution < -0.4 is 5.32 Å². The molecule has 2 amide bonds. The maximum Gasteiger partial charge on any atom is 0.405 e. The van der Waals surface area contributed by atoms with Gasteiger partial charge in [0.2, 0.25) is 15.9 Å². The molecule has 1 saturated carbocycles. The molecule has 3 rings (SSSR count). The summed E-state index contributed by atoms with van der Waals surface area (Å²) in [4.78, 5) is 25.9. The van der Waals surface area contributed by atoms with Crippen LogP contribution in [-0.4, -0.2) is 72.9 Å². The maximum absolute atomic E-state index is 13.0. The molecule has 1 heterocycles. The number of amides is 2. The van der Waals surface area contributed by atoms with Gasteiger partial charge in [-0.25, -0.2) is 8.42 Å². The van der Waals surface area contributed by atoms with E-state index in [0.29, 0.717) is 5.75 Å². The lowest BCUT2D eigenvalue weighted by molar-refractivity contribution is -0.133. The third-order valence-corrected chi connectivity index (χ3v) is 7.79. The van der Waals surface area contributed by atoms with Gasteiger partial charge in [-0.15, -0.1) is 11.8 Å². The van der Waals surface area contributed by atoms with Crippen LogP contribution >= 0.6 is 11.8 Å². The van der Waals surface area contributed by atoms with Crippen LogP contribution in [0.4, 0.5) is 13.2 Å². The molecule has 0 aromatic heterocycles. The van der Waals surface area contributed by atoms with Crippen molar-refractivity contribution in [2.75, 3.05) is 25.2 Å². The van der Waals surface area contributed by atoms with E-state index in [1.807, 2.05) is 0 Å². The minimum absolute atomic E-state index is 0.0925. The van der Waals surface area contributed by atoms with Crippen molar-refractivity contribution < 1.29 is 31.2 Å². The maximum atomic E-state index is 13.0. The molecule has 160 valence electrons. The zero-order valence-electron chi connectivity index (χ0n) is 15.5. The summed E-state index contributed by atoms with van der Waals surface area (Å²) in [5, 5.41) is 1.73. The Morgan fingerprint density at radius 2 is 1.86 bits per heavy atom. The van der Waals surface area contributed by atoms with Crippen LogP contribution in [0.1, 0.15) is 23.2 Å². The summed E-state index contributed by atoms with van der Waals surface area (Å²) in [6, 6.07) is 3.97. The summed E-state index contributed by atoms with van der Waals surface area (Å²) in [6.45, 7) is -1.48. The molecule has 2 aliphatic rings. The molecule has 1 aromatic carbocycles. The Balaban J connectivity index is 1.73. The standard InChI is InChI=1S/C17H20F3N3O4S2/c1-22(12-4-5-12)16(25)14-8-28-10-23(14)29(26,27)13-6-2-11(3-7-13)15(24)21-9-17(18,19)20/h2-3,6-7,12,14H,4-5,8-10H2,1H3,(H,21,24). The van der Waals surface area contributed by atoms with Crippen molar-refractivity contribution in [1.82, 2.24) is 14.5 Å². The molecule has 1 aliphatic carbocycles. The van der Waals surface area contributed by atoms with Crippen molar-refractivity contribution in [3.63, 3.8) is 0 Å². The van der Waals surface area contributed by atoms with Crippen molar-refractivity contribution in [1.29, 1.82) is 0 Å². The first kappa shape index (κ1) is 21.9. The Morgan fingerprint density at radius 3 is 2.41 bits per heavy atom. The highest BCUT2D eigenvalue weighted by Crippen LogP contribution is 2.32. The van der Waals surface area contributed by atoms with Crippen LogP contribution in [0.25, 0.3) is 0 Å². The summed E-state index contributed by atoms with van der Waals surface area (Å²) in [5.74, 6) is -0.718. The lowest BCUT2D eigenvalue weighted by Crippen LogP contribution is -2.48. The van der Waals surface area contributed by atoms with Crippen LogP contribution in [0.15, 0.2) is 29.2 Å². The summed E-state index contributed by atoms with van der Waals surface area (Å²) < 4.78 is 63.7. The number of thioether (sulfide) groups is 1. The first-order valence-corrected chi connectivity index (χ1v) is 11.4. The van der Waals surface area contributed by atoms with Crippen molar-refractivity contribution in [3.05, 3.63) is 29.8 Å². The smallest absolute Gasteiger partial charge is 0.343 e. The number of nitrogens with one attached hydrogen (secondary N) is 1. The molecule has 1 saturated heterocycles. The number of hydrogen-bond donors (Lipinski definition) is 1. The van der Waals surface area contributed by atoms with E-state index < -0.39 is 34.7 Å².